The molecule has 0 unspecified atom stereocenters. The Morgan fingerprint density at radius 1 is 1.08 bits per heavy atom. The van der Waals surface area contributed by atoms with Gasteiger partial charge in [-0.05, 0) is 7.05 Å². The second-order valence-electron chi connectivity index (χ2n) is 3.46. The smallest absolute Gasteiger partial charge is 0.152 e. The average Bonchev–Trinajstić information content (AvgIpc) is 2.11. The summed E-state index contributed by atoms with van der Waals surface area (Å²) in [5.41, 5.74) is 0. The molecule has 80 valence electrons. The molecule has 0 N–H and O–H groups in total. The molecule has 1 aliphatic heterocycles. The molecule has 0 aliphatic carbocycles. The zero-order chi connectivity index (χ0) is 10.3. The lowest BCUT2D eigenvalue weighted by atomic mass is 10.4. The molecule has 4 heteroatoms. The highest BCUT2D eigenvalue weighted by atomic mass is 32.2. The maximum Gasteiger partial charge on any atom is 0.152 e. The molecule has 3 nitrogen and oxygen atoms in total. The highest BCUT2D eigenvalue weighted by Crippen LogP contribution is 1.99. The first kappa shape index (κ1) is 12.9. The van der Waals surface area contributed by atoms with Gasteiger partial charge in [0.15, 0.2) is 9.84 Å². The van der Waals surface area contributed by atoms with E-state index in [0.29, 0.717) is 24.6 Å². The Morgan fingerprint density at radius 3 is 1.69 bits per heavy atom. The number of hydrogen-bond donors (Lipinski definition) is 0. The average molecular weight is 207 g/mol. The molecule has 1 rings (SSSR count). The summed E-state index contributed by atoms with van der Waals surface area (Å²) in [7, 11) is -0.718. The minimum absolute atomic E-state index is 0.337. The van der Waals surface area contributed by atoms with Crippen LogP contribution in [0.15, 0.2) is 0 Å². The van der Waals surface area contributed by atoms with Crippen molar-refractivity contribution < 1.29 is 8.42 Å². The summed E-state index contributed by atoms with van der Waals surface area (Å²) in [6.07, 6.45) is 2.64. The lowest BCUT2D eigenvalue weighted by Crippen LogP contribution is -2.37. The predicted octanol–water partition coefficient (Wildman–Crippen LogP) is 1.15. The Hall–Kier alpha value is -0.0900. The van der Waals surface area contributed by atoms with Gasteiger partial charge in [0.25, 0.3) is 0 Å². The van der Waals surface area contributed by atoms with Crippen LogP contribution in [0.25, 0.3) is 0 Å². The van der Waals surface area contributed by atoms with E-state index in [0.717, 1.165) is 0 Å². The van der Waals surface area contributed by atoms with Crippen molar-refractivity contribution in [3.8, 4) is 0 Å². The van der Waals surface area contributed by atoms with Crippen molar-refractivity contribution in [1.29, 1.82) is 0 Å². The molecule has 0 aromatic heterocycles. The number of nitrogens with zero attached hydrogens (tertiary/aromatic N) is 1. The van der Waals surface area contributed by atoms with E-state index >= 15 is 0 Å². The standard InChI is InChI=1S/C5H11NO2S.C4H10/c1-6-2-4-9(7,8)5-3-6;1-3-4-2/h2-5H2,1H3;3-4H2,1-2H3. The molecule has 0 aromatic rings. The Labute approximate surface area is 82.0 Å². The highest BCUT2D eigenvalue weighted by molar-refractivity contribution is 7.91. The van der Waals surface area contributed by atoms with Crippen molar-refractivity contribution in [3.05, 3.63) is 0 Å². The third-order valence-electron chi connectivity index (χ3n) is 2.07. The van der Waals surface area contributed by atoms with Gasteiger partial charge in [-0.3, -0.25) is 0 Å². The Kier molecular flexibility index (Phi) is 6.33. The number of sulfone groups is 1. The molecule has 1 saturated heterocycles. The Morgan fingerprint density at radius 2 is 1.46 bits per heavy atom. The van der Waals surface area contributed by atoms with E-state index in [1.807, 2.05) is 11.9 Å². The zero-order valence-electron chi connectivity index (χ0n) is 8.91. The van der Waals surface area contributed by atoms with Crippen LogP contribution in [0.3, 0.4) is 0 Å². The van der Waals surface area contributed by atoms with Crippen molar-refractivity contribution in [2.24, 2.45) is 0 Å². The van der Waals surface area contributed by atoms with E-state index in [9.17, 15) is 8.42 Å². The lowest BCUT2D eigenvalue weighted by Gasteiger charge is -2.21. The van der Waals surface area contributed by atoms with Gasteiger partial charge in [0.05, 0.1) is 11.5 Å². The second kappa shape index (κ2) is 6.38. The monoisotopic (exact) mass is 207 g/mol. The van der Waals surface area contributed by atoms with Gasteiger partial charge in [-0.1, -0.05) is 26.7 Å². The summed E-state index contributed by atoms with van der Waals surface area (Å²) in [4.78, 5) is 2.03. The van der Waals surface area contributed by atoms with Gasteiger partial charge in [0, 0.05) is 13.1 Å². The fraction of sp³-hybridized carbons (Fsp3) is 1.00. The van der Waals surface area contributed by atoms with Gasteiger partial charge < -0.3 is 4.90 Å². The van der Waals surface area contributed by atoms with E-state index in [1.165, 1.54) is 12.8 Å². The molecule has 1 aliphatic rings. The van der Waals surface area contributed by atoms with Crippen LogP contribution in [-0.2, 0) is 9.84 Å². The molecule has 0 amide bonds. The van der Waals surface area contributed by atoms with Crippen molar-refractivity contribution in [2.45, 2.75) is 26.7 Å². The fourth-order valence-electron chi connectivity index (χ4n) is 0.804. The van der Waals surface area contributed by atoms with E-state index in [-0.39, 0.29) is 0 Å². The molecule has 0 radical (unpaired) electrons. The molecule has 0 aromatic carbocycles. The summed E-state index contributed by atoms with van der Waals surface area (Å²) in [6, 6.07) is 0. The maximum atomic E-state index is 10.8. The van der Waals surface area contributed by atoms with E-state index in [4.69, 9.17) is 0 Å². The molecule has 0 spiro atoms. The topological polar surface area (TPSA) is 37.4 Å². The van der Waals surface area contributed by atoms with Crippen LogP contribution in [0.1, 0.15) is 26.7 Å². The molecule has 0 bridgehead atoms. The van der Waals surface area contributed by atoms with Crippen molar-refractivity contribution in [1.82, 2.24) is 4.90 Å². The van der Waals surface area contributed by atoms with Crippen molar-refractivity contribution in [3.63, 3.8) is 0 Å². The van der Waals surface area contributed by atoms with Crippen LogP contribution >= 0.6 is 0 Å². The van der Waals surface area contributed by atoms with Gasteiger partial charge in [-0.2, -0.15) is 0 Å². The molecule has 0 atom stereocenters. The highest BCUT2D eigenvalue weighted by Gasteiger charge is 2.17. The summed E-state index contributed by atoms with van der Waals surface area (Å²) >= 11 is 0. The first-order chi connectivity index (χ1) is 6.02. The third kappa shape index (κ3) is 7.02. The van der Waals surface area contributed by atoms with Gasteiger partial charge in [0.1, 0.15) is 0 Å². The van der Waals surface area contributed by atoms with Crippen LogP contribution in [0.4, 0.5) is 0 Å². The van der Waals surface area contributed by atoms with Crippen molar-refractivity contribution >= 4 is 9.84 Å². The number of hydrogen-bond acceptors (Lipinski definition) is 3. The molecule has 1 fully saturated rings. The van der Waals surface area contributed by atoms with E-state index in [1.54, 1.807) is 0 Å². The second-order valence-corrected chi connectivity index (χ2v) is 5.76. The predicted molar refractivity (Wildman–Crippen MR) is 56.7 cm³/mol. The molecular weight excluding hydrogens is 186 g/mol. The quantitative estimate of drug-likeness (QED) is 0.647. The van der Waals surface area contributed by atoms with Gasteiger partial charge in [-0.15, -0.1) is 0 Å². The molecule has 1 heterocycles. The Bertz CT molecular complexity index is 196. The van der Waals surface area contributed by atoms with Gasteiger partial charge >= 0.3 is 0 Å². The Balaban J connectivity index is 0.000000310. The molecular formula is C9H21NO2S. The third-order valence-corrected chi connectivity index (χ3v) is 3.68. The van der Waals surface area contributed by atoms with Crippen LogP contribution in [0, 0.1) is 0 Å². The van der Waals surface area contributed by atoms with Crippen LogP contribution in [0.5, 0.6) is 0 Å². The summed E-state index contributed by atoms with van der Waals surface area (Å²) in [5.74, 6) is 0.674. The summed E-state index contributed by atoms with van der Waals surface area (Å²) < 4.78 is 21.5. The van der Waals surface area contributed by atoms with Crippen LogP contribution < -0.4 is 0 Å². The minimum atomic E-state index is -2.66. The fourth-order valence-corrected chi connectivity index (χ4v) is 2.19. The van der Waals surface area contributed by atoms with E-state index in [2.05, 4.69) is 13.8 Å². The minimum Gasteiger partial charge on any atom is -0.304 e. The van der Waals surface area contributed by atoms with Crippen molar-refractivity contribution in [2.75, 3.05) is 31.6 Å². The van der Waals surface area contributed by atoms with Crippen LogP contribution in [0.2, 0.25) is 0 Å². The normalized spacial score (nSPS) is 21.8. The first-order valence-electron chi connectivity index (χ1n) is 4.90. The van der Waals surface area contributed by atoms with E-state index < -0.39 is 9.84 Å². The molecule has 13 heavy (non-hydrogen) atoms. The largest absolute Gasteiger partial charge is 0.304 e. The SMILES string of the molecule is CCCC.CN1CCS(=O)(=O)CC1. The summed E-state index contributed by atoms with van der Waals surface area (Å²) in [5, 5.41) is 0. The number of unbranched alkanes of at least 4 members (excludes halogenated alkanes) is 1. The van der Waals surface area contributed by atoms with Crippen LogP contribution in [-0.4, -0.2) is 45.0 Å². The zero-order valence-corrected chi connectivity index (χ0v) is 9.73. The molecule has 0 saturated carbocycles. The number of rotatable bonds is 1. The maximum absolute atomic E-state index is 10.8. The summed E-state index contributed by atoms with van der Waals surface area (Å²) in [6.45, 7) is 5.75. The first-order valence-corrected chi connectivity index (χ1v) is 6.73. The lowest BCUT2D eigenvalue weighted by molar-refractivity contribution is 0.360. The van der Waals surface area contributed by atoms with Gasteiger partial charge in [-0.25, -0.2) is 8.42 Å². The van der Waals surface area contributed by atoms with Gasteiger partial charge in [0.2, 0.25) is 0 Å².